The molecule has 0 aliphatic carbocycles. The molecule has 2 aromatic rings. The van der Waals surface area contributed by atoms with Crippen molar-refractivity contribution < 1.29 is 0 Å². The summed E-state index contributed by atoms with van der Waals surface area (Å²) in [7, 11) is 0. The second-order valence-corrected chi connectivity index (χ2v) is 5.08. The first-order valence-electron chi connectivity index (χ1n) is 6.92. The summed E-state index contributed by atoms with van der Waals surface area (Å²) >= 11 is 0. The van der Waals surface area contributed by atoms with E-state index in [0.717, 1.165) is 19.5 Å². The smallest absolute Gasteiger partial charge is 0.0483 e. The maximum Gasteiger partial charge on any atom is 0.0483 e. The van der Waals surface area contributed by atoms with Crippen LogP contribution in [0.3, 0.4) is 0 Å². The minimum Gasteiger partial charge on any atom is -0.346 e. The van der Waals surface area contributed by atoms with E-state index in [-0.39, 0.29) is 0 Å². The number of aryl methyl sites for hydroxylation is 1. The van der Waals surface area contributed by atoms with Gasteiger partial charge in [-0.3, -0.25) is 0 Å². The van der Waals surface area contributed by atoms with E-state index in [1.807, 2.05) is 6.92 Å². The highest BCUT2D eigenvalue weighted by atomic mass is 15.0. The van der Waals surface area contributed by atoms with Gasteiger partial charge in [0.1, 0.15) is 0 Å². The van der Waals surface area contributed by atoms with Gasteiger partial charge in [-0.25, -0.2) is 0 Å². The van der Waals surface area contributed by atoms with E-state index in [9.17, 15) is 0 Å². The van der Waals surface area contributed by atoms with Gasteiger partial charge in [0.2, 0.25) is 0 Å². The standard InChI is InChI=1S/C17H22N2/c1-4-5-8-11-19-13-15(12-18-14(2)3)16-9-6-7-10-17(16)19/h6-7,9-10,13-14,18H,8,11-12H2,1-3H3. The summed E-state index contributed by atoms with van der Waals surface area (Å²) in [5, 5.41) is 4.84. The molecule has 1 aromatic carbocycles. The van der Waals surface area contributed by atoms with Gasteiger partial charge in [-0.2, -0.15) is 0 Å². The lowest BCUT2D eigenvalue weighted by atomic mass is 10.2. The number of fused-ring (bicyclic) bond motifs is 1. The highest BCUT2D eigenvalue weighted by molar-refractivity contribution is 5.83. The minimum atomic E-state index is 0.507. The molecule has 0 unspecified atom stereocenters. The molecule has 0 amide bonds. The van der Waals surface area contributed by atoms with E-state index >= 15 is 0 Å². The van der Waals surface area contributed by atoms with Crippen LogP contribution in [0.1, 0.15) is 32.8 Å². The van der Waals surface area contributed by atoms with Crippen LogP contribution in [-0.4, -0.2) is 10.6 Å². The van der Waals surface area contributed by atoms with Crippen LogP contribution >= 0.6 is 0 Å². The first kappa shape index (κ1) is 13.7. The Morgan fingerprint density at radius 1 is 1.26 bits per heavy atom. The van der Waals surface area contributed by atoms with E-state index in [0.29, 0.717) is 6.04 Å². The van der Waals surface area contributed by atoms with Crippen LogP contribution in [0.25, 0.3) is 10.9 Å². The van der Waals surface area contributed by atoms with Crippen LogP contribution in [-0.2, 0) is 13.1 Å². The Labute approximate surface area is 115 Å². The molecule has 0 aliphatic heterocycles. The lowest BCUT2D eigenvalue weighted by Gasteiger charge is -2.06. The van der Waals surface area contributed by atoms with Crippen LogP contribution in [0.15, 0.2) is 30.5 Å². The summed E-state index contributed by atoms with van der Waals surface area (Å²) in [5.74, 6) is 6.09. The fraction of sp³-hybridized carbons (Fsp3) is 0.412. The quantitative estimate of drug-likeness (QED) is 0.807. The molecule has 100 valence electrons. The molecule has 1 N–H and O–H groups in total. The normalized spacial score (nSPS) is 10.7. The third-order valence-corrected chi connectivity index (χ3v) is 3.23. The first-order chi connectivity index (χ1) is 9.22. The molecule has 0 fully saturated rings. The van der Waals surface area contributed by atoms with Crippen molar-refractivity contribution in [3.63, 3.8) is 0 Å². The SMILES string of the molecule is CC#CCCn1cc(CNC(C)C)c2ccccc21. The molecular formula is C17H22N2. The first-order valence-corrected chi connectivity index (χ1v) is 6.92. The molecule has 0 radical (unpaired) electrons. The fourth-order valence-corrected chi connectivity index (χ4v) is 2.26. The molecule has 2 rings (SSSR count). The molecule has 19 heavy (non-hydrogen) atoms. The minimum absolute atomic E-state index is 0.507. The molecule has 0 aliphatic rings. The largest absolute Gasteiger partial charge is 0.346 e. The Hall–Kier alpha value is -1.72. The van der Waals surface area contributed by atoms with Gasteiger partial charge in [0, 0.05) is 42.7 Å². The van der Waals surface area contributed by atoms with Crippen molar-refractivity contribution in [1.82, 2.24) is 9.88 Å². The second-order valence-electron chi connectivity index (χ2n) is 5.08. The van der Waals surface area contributed by atoms with Gasteiger partial charge in [-0.05, 0) is 18.6 Å². The van der Waals surface area contributed by atoms with E-state index < -0.39 is 0 Å². The van der Waals surface area contributed by atoms with E-state index in [1.165, 1.54) is 16.5 Å². The molecule has 1 heterocycles. The van der Waals surface area contributed by atoms with Gasteiger partial charge < -0.3 is 9.88 Å². The van der Waals surface area contributed by atoms with Crippen molar-refractivity contribution in [2.45, 2.75) is 46.3 Å². The Morgan fingerprint density at radius 3 is 2.79 bits per heavy atom. The van der Waals surface area contributed by atoms with Gasteiger partial charge >= 0.3 is 0 Å². The van der Waals surface area contributed by atoms with Crippen LogP contribution < -0.4 is 5.32 Å². The monoisotopic (exact) mass is 254 g/mol. The number of para-hydroxylation sites is 1. The Bertz CT molecular complexity index is 596. The summed E-state index contributed by atoms with van der Waals surface area (Å²) < 4.78 is 2.32. The van der Waals surface area contributed by atoms with Gasteiger partial charge in [-0.1, -0.05) is 32.0 Å². The van der Waals surface area contributed by atoms with Crippen LogP contribution in [0.5, 0.6) is 0 Å². The number of hydrogen-bond donors (Lipinski definition) is 1. The van der Waals surface area contributed by atoms with Crippen molar-refractivity contribution in [2.24, 2.45) is 0 Å². The molecule has 0 bridgehead atoms. The highest BCUT2D eigenvalue weighted by Gasteiger charge is 2.07. The second kappa shape index (κ2) is 6.45. The van der Waals surface area contributed by atoms with Crippen molar-refractivity contribution in [1.29, 1.82) is 0 Å². The van der Waals surface area contributed by atoms with E-state index in [4.69, 9.17) is 0 Å². The Kier molecular flexibility index (Phi) is 4.65. The van der Waals surface area contributed by atoms with Crippen LogP contribution in [0, 0.1) is 11.8 Å². The fourth-order valence-electron chi connectivity index (χ4n) is 2.26. The summed E-state index contributed by atoms with van der Waals surface area (Å²) in [6.45, 7) is 8.13. The van der Waals surface area contributed by atoms with Gasteiger partial charge in [0.25, 0.3) is 0 Å². The zero-order valence-corrected chi connectivity index (χ0v) is 12.0. The molecule has 0 saturated heterocycles. The molecule has 1 aromatic heterocycles. The van der Waals surface area contributed by atoms with Crippen molar-refractivity contribution in [3.8, 4) is 11.8 Å². The zero-order chi connectivity index (χ0) is 13.7. The summed E-state index contributed by atoms with van der Waals surface area (Å²) in [5.41, 5.74) is 2.68. The molecule has 2 nitrogen and oxygen atoms in total. The lowest BCUT2D eigenvalue weighted by Crippen LogP contribution is -2.21. The Morgan fingerprint density at radius 2 is 2.05 bits per heavy atom. The van der Waals surface area contributed by atoms with Crippen molar-refractivity contribution in [3.05, 3.63) is 36.0 Å². The number of rotatable bonds is 5. The lowest BCUT2D eigenvalue weighted by molar-refractivity contribution is 0.589. The molecule has 0 spiro atoms. The molecule has 0 atom stereocenters. The molecule has 0 saturated carbocycles. The maximum atomic E-state index is 3.49. The van der Waals surface area contributed by atoms with E-state index in [2.05, 4.69) is 66.0 Å². The Balaban J connectivity index is 2.27. The maximum absolute atomic E-state index is 3.49. The zero-order valence-electron chi connectivity index (χ0n) is 12.0. The van der Waals surface area contributed by atoms with Crippen LogP contribution in [0.4, 0.5) is 0 Å². The predicted octanol–water partition coefficient (Wildman–Crippen LogP) is 3.55. The van der Waals surface area contributed by atoms with Crippen molar-refractivity contribution in [2.75, 3.05) is 0 Å². The van der Waals surface area contributed by atoms with Gasteiger partial charge in [-0.15, -0.1) is 11.8 Å². The summed E-state index contributed by atoms with van der Waals surface area (Å²) in [4.78, 5) is 0. The van der Waals surface area contributed by atoms with Crippen LogP contribution in [0.2, 0.25) is 0 Å². The third-order valence-electron chi connectivity index (χ3n) is 3.23. The summed E-state index contributed by atoms with van der Waals surface area (Å²) in [6.07, 6.45) is 3.17. The highest BCUT2D eigenvalue weighted by Crippen LogP contribution is 2.21. The molecular weight excluding hydrogens is 232 g/mol. The van der Waals surface area contributed by atoms with Gasteiger partial charge in [0.05, 0.1) is 0 Å². The molecule has 2 heteroatoms. The number of aromatic nitrogens is 1. The third kappa shape index (κ3) is 3.39. The predicted molar refractivity (Wildman–Crippen MR) is 82.0 cm³/mol. The van der Waals surface area contributed by atoms with Crippen molar-refractivity contribution >= 4 is 10.9 Å². The van der Waals surface area contributed by atoms with Gasteiger partial charge in [0.15, 0.2) is 0 Å². The number of nitrogens with zero attached hydrogens (tertiary/aromatic N) is 1. The summed E-state index contributed by atoms with van der Waals surface area (Å²) in [6, 6.07) is 9.11. The average molecular weight is 254 g/mol. The number of nitrogens with one attached hydrogen (secondary N) is 1. The van der Waals surface area contributed by atoms with E-state index in [1.54, 1.807) is 0 Å². The number of benzene rings is 1. The number of hydrogen-bond acceptors (Lipinski definition) is 1. The average Bonchev–Trinajstić information content (AvgIpc) is 2.76. The topological polar surface area (TPSA) is 17.0 Å².